The predicted octanol–water partition coefficient (Wildman–Crippen LogP) is 1.39. The molecule has 7 heteroatoms. The summed E-state index contributed by atoms with van der Waals surface area (Å²) in [7, 11) is 0. The number of pyridine rings is 1. The number of aliphatic carboxylic acids is 1. The van der Waals surface area contributed by atoms with Crippen molar-refractivity contribution in [2.45, 2.75) is 50.9 Å². The van der Waals surface area contributed by atoms with E-state index in [1.165, 1.54) is 23.3 Å². The molecule has 2 aromatic heterocycles. The van der Waals surface area contributed by atoms with Gasteiger partial charge in [0.05, 0.1) is 6.42 Å². The van der Waals surface area contributed by atoms with Gasteiger partial charge in [0.15, 0.2) is 11.0 Å². The summed E-state index contributed by atoms with van der Waals surface area (Å²) in [6, 6.07) is 1.53. The maximum atomic E-state index is 12.5. The van der Waals surface area contributed by atoms with Crippen molar-refractivity contribution >= 4 is 17.4 Å². The molecular weight excluding hydrogens is 298 g/mol. The van der Waals surface area contributed by atoms with Gasteiger partial charge in [0.1, 0.15) is 12.1 Å². The molecule has 0 aliphatic heterocycles. The van der Waals surface area contributed by atoms with Gasteiger partial charge >= 0.3 is 5.97 Å². The highest BCUT2D eigenvalue weighted by Crippen LogP contribution is 2.33. The fourth-order valence-corrected chi connectivity index (χ4v) is 3.30. The van der Waals surface area contributed by atoms with Gasteiger partial charge in [0.25, 0.3) is 0 Å². The van der Waals surface area contributed by atoms with E-state index in [0.717, 1.165) is 31.2 Å². The van der Waals surface area contributed by atoms with Crippen molar-refractivity contribution in [2.24, 2.45) is 0 Å². The first kappa shape index (κ1) is 15.5. The topological polar surface area (TPSA) is 105 Å². The number of carboxylic acid groups (broad SMARTS) is 1. The Morgan fingerprint density at radius 1 is 1.22 bits per heavy atom. The zero-order valence-corrected chi connectivity index (χ0v) is 12.7. The molecule has 1 fully saturated rings. The lowest BCUT2D eigenvalue weighted by molar-refractivity contribution is -0.136. The first-order valence-corrected chi connectivity index (χ1v) is 7.88. The van der Waals surface area contributed by atoms with Gasteiger partial charge in [-0.3, -0.25) is 9.59 Å². The lowest BCUT2D eigenvalue weighted by atomic mass is 9.84. The first-order valence-electron chi connectivity index (χ1n) is 7.88. The Labute approximate surface area is 132 Å². The van der Waals surface area contributed by atoms with Crippen molar-refractivity contribution in [3.8, 4) is 0 Å². The molecule has 122 valence electrons. The molecule has 0 unspecified atom stereocenters. The number of fused-ring (bicyclic) bond motifs is 1. The molecule has 0 spiro atoms. The van der Waals surface area contributed by atoms with E-state index in [0.29, 0.717) is 11.6 Å². The summed E-state index contributed by atoms with van der Waals surface area (Å²) in [5, 5.41) is 22.9. The van der Waals surface area contributed by atoms with Crippen LogP contribution in [0.25, 0.3) is 11.4 Å². The highest BCUT2D eigenvalue weighted by molar-refractivity contribution is 5.68. The highest BCUT2D eigenvalue weighted by Gasteiger charge is 2.21. The van der Waals surface area contributed by atoms with E-state index < -0.39 is 5.97 Å². The molecular formula is C16H19N3O4. The van der Waals surface area contributed by atoms with Gasteiger partial charge in [-0.05, 0) is 24.8 Å². The number of carbonyl (C=O) groups is 1. The van der Waals surface area contributed by atoms with Crippen LogP contribution in [-0.4, -0.2) is 30.8 Å². The number of hydrogen-bond donors (Lipinski definition) is 2. The largest absolute Gasteiger partial charge is 0.510 e. The minimum atomic E-state index is -1.03. The Morgan fingerprint density at radius 2 is 1.96 bits per heavy atom. The second-order valence-electron chi connectivity index (χ2n) is 5.98. The summed E-state index contributed by atoms with van der Waals surface area (Å²) >= 11 is 0. The number of aliphatic hydroxyl groups excluding tert-OH is 1. The minimum absolute atomic E-state index is 0.0123. The minimum Gasteiger partial charge on any atom is -0.510 e. The second kappa shape index (κ2) is 6.36. The van der Waals surface area contributed by atoms with Crippen molar-refractivity contribution in [1.29, 1.82) is 0 Å². The quantitative estimate of drug-likeness (QED) is 0.883. The van der Waals surface area contributed by atoms with Crippen molar-refractivity contribution in [2.75, 3.05) is 0 Å². The SMILES string of the molecule is O=C(O)CC/C(O)=c1\c(=O)cc(C2CCCCC2)c2ncnn12. The van der Waals surface area contributed by atoms with Crippen LogP contribution in [0.2, 0.25) is 0 Å². The Bertz CT molecular complexity index is 837. The fraction of sp³-hybridized carbons (Fsp3) is 0.500. The summed E-state index contributed by atoms with van der Waals surface area (Å²) < 4.78 is 1.35. The molecule has 0 amide bonds. The smallest absolute Gasteiger partial charge is 0.303 e. The molecule has 7 nitrogen and oxygen atoms in total. The van der Waals surface area contributed by atoms with Crippen LogP contribution in [0.1, 0.15) is 56.4 Å². The Balaban J connectivity index is 2.13. The van der Waals surface area contributed by atoms with Crippen LogP contribution in [0.3, 0.4) is 0 Å². The van der Waals surface area contributed by atoms with E-state index in [4.69, 9.17) is 5.11 Å². The van der Waals surface area contributed by atoms with Gasteiger partial charge in [-0.25, -0.2) is 9.50 Å². The van der Waals surface area contributed by atoms with Crippen LogP contribution in [-0.2, 0) is 4.79 Å². The molecule has 2 aromatic rings. The summed E-state index contributed by atoms with van der Waals surface area (Å²) in [5.74, 6) is -1.00. The molecule has 0 saturated heterocycles. The average molecular weight is 317 g/mol. The molecule has 1 saturated carbocycles. The number of aromatic nitrogens is 3. The van der Waals surface area contributed by atoms with Gasteiger partial charge in [-0.15, -0.1) is 0 Å². The zero-order chi connectivity index (χ0) is 16.4. The first-order chi connectivity index (χ1) is 11.1. The molecule has 3 rings (SSSR count). The van der Waals surface area contributed by atoms with Crippen LogP contribution in [0, 0.1) is 0 Å². The maximum absolute atomic E-state index is 12.5. The van der Waals surface area contributed by atoms with E-state index in [1.54, 1.807) is 0 Å². The highest BCUT2D eigenvalue weighted by atomic mass is 16.4. The molecule has 1 aliphatic rings. The number of carboxylic acids is 1. The third kappa shape index (κ3) is 3.04. The van der Waals surface area contributed by atoms with Gasteiger partial charge in [0, 0.05) is 12.0 Å². The van der Waals surface area contributed by atoms with Crippen LogP contribution in [0.15, 0.2) is 17.2 Å². The third-order valence-corrected chi connectivity index (χ3v) is 4.43. The zero-order valence-electron chi connectivity index (χ0n) is 12.7. The van der Waals surface area contributed by atoms with Crippen molar-refractivity contribution in [3.05, 3.63) is 33.5 Å². The van der Waals surface area contributed by atoms with Gasteiger partial charge < -0.3 is 10.2 Å². The van der Waals surface area contributed by atoms with E-state index in [1.807, 2.05) is 0 Å². The third-order valence-electron chi connectivity index (χ3n) is 4.43. The van der Waals surface area contributed by atoms with Crippen molar-refractivity contribution in [3.63, 3.8) is 0 Å². The van der Waals surface area contributed by atoms with E-state index in [-0.39, 0.29) is 29.4 Å². The summed E-state index contributed by atoms with van der Waals surface area (Å²) in [6.45, 7) is 0. The van der Waals surface area contributed by atoms with Crippen LogP contribution >= 0.6 is 0 Å². The number of nitrogens with zero attached hydrogens (tertiary/aromatic N) is 3. The summed E-state index contributed by atoms with van der Waals surface area (Å²) in [4.78, 5) is 27.4. The molecule has 0 bridgehead atoms. The number of aliphatic hydroxyl groups is 1. The second-order valence-corrected chi connectivity index (χ2v) is 5.98. The van der Waals surface area contributed by atoms with E-state index in [9.17, 15) is 14.7 Å². The Morgan fingerprint density at radius 3 is 2.65 bits per heavy atom. The van der Waals surface area contributed by atoms with Gasteiger partial charge in [-0.2, -0.15) is 5.10 Å². The molecule has 0 atom stereocenters. The molecule has 23 heavy (non-hydrogen) atoms. The fourth-order valence-electron chi connectivity index (χ4n) is 3.30. The predicted molar refractivity (Wildman–Crippen MR) is 83.2 cm³/mol. The maximum Gasteiger partial charge on any atom is 0.303 e. The molecule has 1 aliphatic carbocycles. The number of rotatable bonds is 4. The number of hydrogen-bond acceptors (Lipinski definition) is 5. The van der Waals surface area contributed by atoms with Crippen molar-refractivity contribution < 1.29 is 15.0 Å². The van der Waals surface area contributed by atoms with Gasteiger partial charge in [0.2, 0.25) is 5.43 Å². The standard InChI is InChI=1S/C16H19N3O4/c20-12(6-7-14(22)23)15-13(21)8-11(10-4-2-1-3-5-10)16-17-9-18-19(15)16/h8-10,20H,1-7H2,(H,22,23)/b15-12-. The average Bonchev–Trinajstić information content (AvgIpc) is 3.01. The van der Waals surface area contributed by atoms with Crippen molar-refractivity contribution in [1.82, 2.24) is 14.6 Å². The van der Waals surface area contributed by atoms with Gasteiger partial charge in [-0.1, -0.05) is 19.3 Å². The molecule has 0 aromatic carbocycles. The Hall–Kier alpha value is -2.44. The van der Waals surface area contributed by atoms with E-state index >= 15 is 0 Å². The molecule has 0 radical (unpaired) electrons. The monoisotopic (exact) mass is 317 g/mol. The lowest BCUT2D eigenvalue weighted by Crippen LogP contribution is -2.35. The Kier molecular flexibility index (Phi) is 4.27. The lowest BCUT2D eigenvalue weighted by Gasteiger charge is -2.21. The van der Waals surface area contributed by atoms with Crippen LogP contribution < -0.4 is 10.8 Å². The van der Waals surface area contributed by atoms with Crippen LogP contribution in [0.5, 0.6) is 0 Å². The van der Waals surface area contributed by atoms with E-state index in [2.05, 4.69) is 10.1 Å². The summed E-state index contributed by atoms with van der Waals surface area (Å²) in [5.41, 5.74) is 1.11. The summed E-state index contributed by atoms with van der Waals surface area (Å²) in [6.07, 6.45) is 6.54. The normalized spacial score (nSPS) is 17.4. The molecule has 2 N–H and O–H groups in total. The van der Waals surface area contributed by atoms with Crippen LogP contribution in [0.4, 0.5) is 0 Å². The molecule has 2 heterocycles.